The molecule has 0 saturated heterocycles. The van der Waals surface area contributed by atoms with E-state index in [2.05, 4.69) is 5.32 Å². The number of anilines is 1. The fraction of sp³-hybridized carbons (Fsp3) is 0.400. The SMILES string of the molecule is Cc1ccccc1N(CC(=O)NC1CCCCC1)C(=O)c1ccco1. The average Bonchev–Trinajstić information content (AvgIpc) is 3.15. The summed E-state index contributed by atoms with van der Waals surface area (Å²) in [6.07, 6.45) is 7.03. The van der Waals surface area contributed by atoms with Crippen LogP contribution in [0.3, 0.4) is 0 Å². The molecule has 0 spiro atoms. The summed E-state index contributed by atoms with van der Waals surface area (Å²) >= 11 is 0. The zero-order valence-corrected chi connectivity index (χ0v) is 14.5. The van der Waals surface area contributed by atoms with Crippen molar-refractivity contribution < 1.29 is 14.0 Å². The van der Waals surface area contributed by atoms with Crippen LogP contribution in [0.5, 0.6) is 0 Å². The number of hydrogen-bond acceptors (Lipinski definition) is 3. The fourth-order valence-corrected chi connectivity index (χ4v) is 3.33. The van der Waals surface area contributed by atoms with Crippen LogP contribution in [0.15, 0.2) is 47.1 Å². The molecule has 3 rings (SSSR count). The number of hydrogen-bond donors (Lipinski definition) is 1. The third-order valence-corrected chi connectivity index (χ3v) is 4.66. The van der Waals surface area contributed by atoms with Gasteiger partial charge in [0, 0.05) is 11.7 Å². The summed E-state index contributed by atoms with van der Waals surface area (Å²) in [5, 5.41) is 3.08. The molecular weight excluding hydrogens is 316 g/mol. The molecule has 0 unspecified atom stereocenters. The van der Waals surface area contributed by atoms with Crippen molar-refractivity contribution in [1.29, 1.82) is 0 Å². The summed E-state index contributed by atoms with van der Waals surface area (Å²) in [7, 11) is 0. The smallest absolute Gasteiger partial charge is 0.294 e. The molecule has 1 aromatic heterocycles. The van der Waals surface area contributed by atoms with Crippen LogP contribution in [0.25, 0.3) is 0 Å². The van der Waals surface area contributed by atoms with Crippen molar-refractivity contribution in [3.8, 4) is 0 Å². The molecule has 1 aromatic carbocycles. The Morgan fingerprint density at radius 1 is 1.12 bits per heavy atom. The van der Waals surface area contributed by atoms with Crippen LogP contribution >= 0.6 is 0 Å². The largest absolute Gasteiger partial charge is 0.459 e. The number of rotatable bonds is 5. The van der Waals surface area contributed by atoms with Crippen molar-refractivity contribution in [2.75, 3.05) is 11.4 Å². The maximum absolute atomic E-state index is 12.8. The molecule has 0 atom stereocenters. The Bertz CT molecular complexity index is 718. The molecule has 0 radical (unpaired) electrons. The highest BCUT2D eigenvalue weighted by atomic mass is 16.3. The minimum atomic E-state index is -0.307. The van der Waals surface area contributed by atoms with Gasteiger partial charge in [-0.25, -0.2) is 0 Å². The van der Waals surface area contributed by atoms with Crippen LogP contribution in [-0.2, 0) is 4.79 Å². The number of furan rings is 1. The molecule has 1 N–H and O–H groups in total. The number of amides is 2. The van der Waals surface area contributed by atoms with Gasteiger partial charge in [0.2, 0.25) is 5.91 Å². The van der Waals surface area contributed by atoms with Gasteiger partial charge in [0.05, 0.1) is 6.26 Å². The Labute approximate surface area is 148 Å². The van der Waals surface area contributed by atoms with Gasteiger partial charge in [-0.1, -0.05) is 37.5 Å². The highest BCUT2D eigenvalue weighted by molar-refractivity contribution is 6.07. The van der Waals surface area contributed by atoms with Gasteiger partial charge < -0.3 is 9.73 Å². The predicted molar refractivity (Wildman–Crippen MR) is 96.6 cm³/mol. The van der Waals surface area contributed by atoms with Gasteiger partial charge >= 0.3 is 0 Å². The Kier molecular flexibility index (Phi) is 5.53. The highest BCUT2D eigenvalue weighted by Crippen LogP contribution is 2.22. The van der Waals surface area contributed by atoms with Crippen LogP contribution < -0.4 is 10.2 Å². The summed E-state index contributed by atoms with van der Waals surface area (Å²) in [6, 6.07) is 11.1. The monoisotopic (exact) mass is 340 g/mol. The molecule has 1 aliphatic rings. The van der Waals surface area contributed by atoms with Gasteiger partial charge in [-0.2, -0.15) is 0 Å². The van der Waals surface area contributed by atoms with E-state index >= 15 is 0 Å². The standard InChI is InChI=1S/C20H24N2O3/c1-15-8-5-6-11-17(15)22(20(24)18-12-7-13-25-18)14-19(23)21-16-9-3-2-4-10-16/h5-8,11-13,16H,2-4,9-10,14H2,1H3,(H,21,23). The van der Waals surface area contributed by atoms with E-state index < -0.39 is 0 Å². The third kappa shape index (κ3) is 4.29. The van der Waals surface area contributed by atoms with Gasteiger partial charge in [-0.15, -0.1) is 0 Å². The van der Waals surface area contributed by atoms with E-state index in [9.17, 15) is 9.59 Å². The van der Waals surface area contributed by atoms with Crippen LogP contribution in [-0.4, -0.2) is 24.4 Å². The summed E-state index contributed by atoms with van der Waals surface area (Å²) in [4.78, 5) is 26.9. The molecule has 2 aromatic rings. The first-order chi connectivity index (χ1) is 12.1. The van der Waals surface area contributed by atoms with E-state index in [4.69, 9.17) is 4.42 Å². The van der Waals surface area contributed by atoms with Crippen molar-refractivity contribution >= 4 is 17.5 Å². The summed E-state index contributed by atoms with van der Waals surface area (Å²) < 4.78 is 5.25. The molecule has 0 bridgehead atoms. The van der Waals surface area contributed by atoms with E-state index in [1.807, 2.05) is 31.2 Å². The Morgan fingerprint density at radius 3 is 2.56 bits per heavy atom. The van der Waals surface area contributed by atoms with Gasteiger partial charge in [-0.3, -0.25) is 14.5 Å². The van der Waals surface area contributed by atoms with Crippen LogP contribution in [0.4, 0.5) is 5.69 Å². The molecule has 0 aliphatic heterocycles. The zero-order valence-electron chi connectivity index (χ0n) is 14.5. The summed E-state index contributed by atoms with van der Waals surface area (Å²) in [6.45, 7) is 1.91. The lowest BCUT2D eigenvalue weighted by Crippen LogP contribution is -2.45. The maximum atomic E-state index is 12.8. The minimum Gasteiger partial charge on any atom is -0.459 e. The third-order valence-electron chi connectivity index (χ3n) is 4.66. The molecule has 25 heavy (non-hydrogen) atoms. The molecule has 1 heterocycles. The van der Waals surface area contributed by atoms with Crippen molar-refractivity contribution in [2.45, 2.75) is 45.1 Å². The fourth-order valence-electron chi connectivity index (χ4n) is 3.33. The number of benzene rings is 1. The Morgan fingerprint density at radius 2 is 1.88 bits per heavy atom. The molecule has 1 saturated carbocycles. The normalized spacial score (nSPS) is 14.9. The first kappa shape index (κ1) is 17.3. The van der Waals surface area contributed by atoms with E-state index in [1.165, 1.54) is 17.6 Å². The van der Waals surface area contributed by atoms with Gasteiger partial charge in [0.1, 0.15) is 6.54 Å². The minimum absolute atomic E-state index is 0.0130. The van der Waals surface area contributed by atoms with Gasteiger partial charge in [0.15, 0.2) is 5.76 Å². The first-order valence-electron chi connectivity index (χ1n) is 8.85. The lowest BCUT2D eigenvalue weighted by atomic mass is 9.95. The second-order valence-corrected chi connectivity index (χ2v) is 6.56. The average molecular weight is 340 g/mol. The second kappa shape index (κ2) is 8.01. The summed E-state index contributed by atoms with van der Waals surface area (Å²) in [5.41, 5.74) is 1.66. The number of nitrogens with one attached hydrogen (secondary N) is 1. The van der Waals surface area contributed by atoms with Crippen molar-refractivity contribution in [3.63, 3.8) is 0 Å². The lowest BCUT2D eigenvalue weighted by Gasteiger charge is -2.26. The molecule has 132 valence electrons. The lowest BCUT2D eigenvalue weighted by molar-refractivity contribution is -0.120. The van der Waals surface area contributed by atoms with Crippen molar-refractivity contribution in [1.82, 2.24) is 5.32 Å². The van der Waals surface area contributed by atoms with E-state index in [1.54, 1.807) is 12.1 Å². The Balaban J connectivity index is 1.77. The second-order valence-electron chi connectivity index (χ2n) is 6.56. The number of carbonyl (C=O) groups excluding carboxylic acids is 2. The van der Waals surface area contributed by atoms with E-state index in [0.29, 0.717) is 0 Å². The molecule has 5 nitrogen and oxygen atoms in total. The van der Waals surface area contributed by atoms with Crippen LogP contribution in [0.2, 0.25) is 0 Å². The van der Waals surface area contributed by atoms with Gasteiger partial charge in [0.25, 0.3) is 5.91 Å². The van der Waals surface area contributed by atoms with Crippen molar-refractivity contribution in [3.05, 3.63) is 54.0 Å². The number of aryl methyl sites for hydroxylation is 1. The van der Waals surface area contributed by atoms with Crippen molar-refractivity contribution in [2.24, 2.45) is 0 Å². The molecule has 5 heteroatoms. The molecular formula is C20H24N2O3. The topological polar surface area (TPSA) is 62.6 Å². The number of carbonyl (C=O) groups is 2. The number of para-hydroxylation sites is 1. The quantitative estimate of drug-likeness (QED) is 0.903. The first-order valence-corrected chi connectivity index (χ1v) is 8.85. The number of nitrogens with zero attached hydrogens (tertiary/aromatic N) is 1. The van der Waals surface area contributed by atoms with Crippen LogP contribution in [0.1, 0.15) is 48.2 Å². The van der Waals surface area contributed by atoms with Crippen LogP contribution in [0, 0.1) is 6.92 Å². The Hall–Kier alpha value is -2.56. The summed E-state index contributed by atoms with van der Waals surface area (Å²) in [5.74, 6) is -0.207. The molecule has 2 amide bonds. The van der Waals surface area contributed by atoms with E-state index in [-0.39, 0.29) is 30.2 Å². The maximum Gasteiger partial charge on any atom is 0.294 e. The van der Waals surface area contributed by atoms with E-state index in [0.717, 1.165) is 36.9 Å². The highest BCUT2D eigenvalue weighted by Gasteiger charge is 2.25. The zero-order chi connectivity index (χ0) is 17.6. The molecule has 1 fully saturated rings. The predicted octanol–water partition coefficient (Wildman–Crippen LogP) is 3.68. The molecule has 1 aliphatic carbocycles. The van der Waals surface area contributed by atoms with Gasteiger partial charge in [-0.05, 0) is 43.5 Å².